The molecule has 0 saturated carbocycles. The van der Waals surface area contributed by atoms with Crippen molar-refractivity contribution in [1.29, 1.82) is 0 Å². The van der Waals surface area contributed by atoms with Crippen LogP contribution in [0.15, 0.2) is 18.2 Å². The standard InChI is InChI=1S/C19H19N3O7S/c1-3-10-4-5-14-15(6-10)30-18(16(14)19(24)29-2)20-17(23)11-7-12(21(25)26)9-13(8-11)22(27)28/h7-10H,3-6H2,1-2H3,(H,20,23). The van der Waals surface area contributed by atoms with Crippen LogP contribution in [-0.4, -0.2) is 28.8 Å². The van der Waals surface area contributed by atoms with Gasteiger partial charge in [-0.1, -0.05) is 13.3 Å². The van der Waals surface area contributed by atoms with E-state index < -0.39 is 33.1 Å². The fourth-order valence-corrected chi connectivity index (χ4v) is 4.87. The summed E-state index contributed by atoms with van der Waals surface area (Å²) in [6.07, 6.45) is 3.41. The van der Waals surface area contributed by atoms with Gasteiger partial charge in [-0.3, -0.25) is 25.0 Å². The second kappa shape index (κ2) is 8.57. The molecule has 1 atom stereocenters. The van der Waals surface area contributed by atoms with E-state index in [9.17, 15) is 29.8 Å². The summed E-state index contributed by atoms with van der Waals surface area (Å²) in [5.74, 6) is -0.870. The first-order valence-electron chi connectivity index (χ1n) is 9.23. The van der Waals surface area contributed by atoms with E-state index in [1.165, 1.54) is 18.4 Å². The molecule has 10 nitrogen and oxygen atoms in total. The summed E-state index contributed by atoms with van der Waals surface area (Å²) in [7, 11) is 1.25. The molecule has 3 rings (SSSR count). The van der Waals surface area contributed by atoms with Gasteiger partial charge in [-0.25, -0.2) is 4.79 Å². The summed E-state index contributed by atoms with van der Waals surface area (Å²) < 4.78 is 4.88. The number of nitro benzene ring substituents is 2. The molecule has 0 aliphatic heterocycles. The lowest BCUT2D eigenvalue weighted by molar-refractivity contribution is -0.394. The Bertz CT molecular complexity index is 1010. The summed E-state index contributed by atoms with van der Waals surface area (Å²) in [4.78, 5) is 46.7. The van der Waals surface area contributed by atoms with Crippen LogP contribution in [0.5, 0.6) is 0 Å². The minimum Gasteiger partial charge on any atom is -0.465 e. The van der Waals surface area contributed by atoms with E-state index in [0.29, 0.717) is 12.3 Å². The number of amides is 1. The second-order valence-electron chi connectivity index (χ2n) is 6.92. The van der Waals surface area contributed by atoms with E-state index in [-0.39, 0.29) is 16.1 Å². The summed E-state index contributed by atoms with van der Waals surface area (Å²) in [5.41, 5.74) is -0.265. The average Bonchev–Trinajstić information content (AvgIpc) is 3.09. The van der Waals surface area contributed by atoms with E-state index in [2.05, 4.69) is 12.2 Å². The van der Waals surface area contributed by atoms with E-state index in [1.807, 2.05) is 0 Å². The number of methoxy groups -OCH3 is 1. The van der Waals surface area contributed by atoms with Gasteiger partial charge in [0, 0.05) is 17.0 Å². The molecule has 1 unspecified atom stereocenters. The number of anilines is 1. The van der Waals surface area contributed by atoms with Gasteiger partial charge in [0.15, 0.2) is 0 Å². The van der Waals surface area contributed by atoms with E-state index in [1.54, 1.807) is 0 Å². The Morgan fingerprint density at radius 3 is 2.37 bits per heavy atom. The van der Waals surface area contributed by atoms with Gasteiger partial charge in [-0.05, 0) is 30.7 Å². The van der Waals surface area contributed by atoms with Crippen LogP contribution in [0.4, 0.5) is 16.4 Å². The smallest absolute Gasteiger partial charge is 0.341 e. The van der Waals surface area contributed by atoms with Crippen molar-refractivity contribution in [3.05, 3.63) is 60.0 Å². The molecule has 1 aliphatic rings. The van der Waals surface area contributed by atoms with E-state index >= 15 is 0 Å². The predicted molar refractivity (Wildman–Crippen MR) is 109 cm³/mol. The van der Waals surface area contributed by atoms with Gasteiger partial charge < -0.3 is 10.1 Å². The van der Waals surface area contributed by atoms with Crippen LogP contribution in [-0.2, 0) is 17.6 Å². The Labute approximate surface area is 175 Å². The first kappa shape index (κ1) is 21.4. The number of rotatable bonds is 6. The van der Waals surface area contributed by atoms with Crippen LogP contribution in [0.1, 0.15) is 50.9 Å². The summed E-state index contributed by atoms with van der Waals surface area (Å²) in [6.45, 7) is 2.10. The lowest BCUT2D eigenvalue weighted by Gasteiger charge is -2.20. The number of carbonyl (C=O) groups excluding carboxylic acids is 2. The van der Waals surface area contributed by atoms with Gasteiger partial charge in [0.1, 0.15) is 5.00 Å². The maximum Gasteiger partial charge on any atom is 0.341 e. The molecule has 30 heavy (non-hydrogen) atoms. The molecule has 2 aromatic rings. The minimum atomic E-state index is -0.807. The van der Waals surface area contributed by atoms with Gasteiger partial charge in [-0.2, -0.15) is 0 Å². The molecule has 0 radical (unpaired) electrons. The number of benzene rings is 1. The molecule has 1 amide bonds. The molecule has 11 heteroatoms. The number of ether oxygens (including phenoxy) is 1. The van der Waals surface area contributed by atoms with Crippen molar-refractivity contribution in [3.63, 3.8) is 0 Å². The Morgan fingerprint density at radius 1 is 1.20 bits per heavy atom. The second-order valence-corrected chi connectivity index (χ2v) is 8.03. The number of hydrogen-bond acceptors (Lipinski definition) is 8. The Kier molecular flexibility index (Phi) is 6.11. The zero-order chi connectivity index (χ0) is 22.0. The first-order chi connectivity index (χ1) is 14.2. The molecule has 0 fully saturated rings. The monoisotopic (exact) mass is 433 g/mol. The van der Waals surface area contributed by atoms with Crippen molar-refractivity contribution in [3.8, 4) is 0 Å². The van der Waals surface area contributed by atoms with Crippen molar-refractivity contribution in [2.75, 3.05) is 12.4 Å². The summed E-state index contributed by atoms with van der Waals surface area (Å²) in [5, 5.41) is 25.0. The average molecular weight is 433 g/mol. The molecule has 1 aromatic carbocycles. The van der Waals surface area contributed by atoms with Crippen molar-refractivity contribution >= 4 is 39.6 Å². The molecule has 158 valence electrons. The van der Waals surface area contributed by atoms with Gasteiger partial charge in [0.25, 0.3) is 17.3 Å². The molecular weight excluding hydrogens is 414 g/mol. The Morgan fingerprint density at radius 2 is 1.83 bits per heavy atom. The number of fused-ring (bicyclic) bond motifs is 1. The van der Waals surface area contributed by atoms with Crippen molar-refractivity contribution in [2.45, 2.75) is 32.6 Å². The quantitative estimate of drug-likeness (QED) is 0.410. The number of hydrogen-bond donors (Lipinski definition) is 1. The highest BCUT2D eigenvalue weighted by Gasteiger charge is 2.30. The Balaban J connectivity index is 1.99. The van der Waals surface area contributed by atoms with Crippen molar-refractivity contribution in [2.24, 2.45) is 5.92 Å². The number of non-ortho nitro benzene ring substituents is 2. The van der Waals surface area contributed by atoms with Crippen LogP contribution in [0, 0.1) is 26.1 Å². The fraction of sp³-hybridized carbons (Fsp3) is 0.368. The van der Waals surface area contributed by atoms with Crippen LogP contribution >= 0.6 is 11.3 Å². The molecule has 0 saturated heterocycles. The van der Waals surface area contributed by atoms with E-state index in [4.69, 9.17) is 4.74 Å². The molecule has 1 N–H and O–H groups in total. The van der Waals surface area contributed by atoms with Crippen LogP contribution in [0.3, 0.4) is 0 Å². The highest BCUT2D eigenvalue weighted by Crippen LogP contribution is 2.41. The van der Waals surface area contributed by atoms with E-state index in [0.717, 1.165) is 47.9 Å². The topological polar surface area (TPSA) is 142 Å². The normalized spacial score (nSPS) is 15.2. The van der Waals surface area contributed by atoms with Crippen molar-refractivity contribution < 1.29 is 24.2 Å². The SMILES string of the molecule is CCC1CCc2c(sc(NC(=O)c3cc([N+](=O)[O-])cc([N+](=O)[O-])c3)c2C(=O)OC)C1. The predicted octanol–water partition coefficient (Wildman–Crippen LogP) is 4.12. The summed E-state index contributed by atoms with van der Waals surface area (Å²) in [6, 6.07) is 2.70. The van der Waals surface area contributed by atoms with Gasteiger partial charge in [0.05, 0.1) is 34.1 Å². The fourth-order valence-electron chi connectivity index (χ4n) is 3.52. The number of esters is 1. The third-order valence-corrected chi connectivity index (χ3v) is 6.32. The zero-order valence-electron chi connectivity index (χ0n) is 16.3. The lowest BCUT2D eigenvalue weighted by atomic mass is 9.85. The number of thiophene rings is 1. The van der Waals surface area contributed by atoms with Crippen LogP contribution < -0.4 is 5.32 Å². The number of nitrogens with one attached hydrogen (secondary N) is 1. The molecule has 1 aromatic heterocycles. The number of nitrogens with zero attached hydrogens (tertiary/aromatic N) is 2. The molecular formula is C19H19N3O7S. The van der Waals surface area contributed by atoms with Gasteiger partial charge in [-0.15, -0.1) is 11.3 Å². The first-order valence-corrected chi connectivity index (χ1v) is 10.0. The molecule has 0 spiro atoms. The maximum atomic E-state index is 12.8. The Hall–Kier alpha value is -3.34. The third-order valence-electron chi connectivity index (χ3n) is 5.15. The van der Waals surface area contributed by atoms with Crippen LogP contribution in [0.25, 0.3) is 0 Å². The molecule has 0 bridgehead atoms. The number of carbonyl (C=O) groups is 2. The van der Waals surface area contributed by atoms with Gasteiger partial charge >= 0.3 is 5.97 Å². The zero-order valence-corrected chi connectivity index (χ0v) is 17.1. The highest BCUT2D eigenvalue weighted by atomic mass is 32.1. The summed E-state index contributed by atoms with van der Waals surface area (Å²) >= 11 is 1.27. The maximum absolute atomic E-state index is 12.8. The molecule has 1 aliphatic carbocycles. The van der Waals surface area contributed by atoms with Crippen LogP contribution in [0.2, 0.25) is 0 Å². The highest BCUT2D eigenvalue weighted by molar-refractivity contribution is 7.17. The minimum absolute atomic E-state index is 0.246. The van der Waals surface area contributed by atoms with Gasteiger partial charge in [0.2, 0.25) is 0 Å². The largest absolute Gasteiger partial charge is 0.465 e. The molecule has 1 heterocycles. The van der Waals surface area contributed by atoms with Crippen molar-refractivity contribution in [1.82, 2.24) is 0 Å². The number of nitro groups is 2. The third kappa shape index (κ3) is 4.15. The lowest BCUT2D eigenvalue weighted by Crippen LogP contribution is -2.16.